The van der Waals surface area contributed by atoms with Crippen molar-refractivity contribution in [1.29, 1.82) is 0 Å². The van der Waals surface area contributed by atoms with Crippen LogP contribution in [-0.4, -0.2) is 30.8 Å². The first-order chi connectivity index (χ1) is 13.6. The van der Waals surface area contributed by atoms with E-state index in [1.54, 1.807) is 7.11 Å². The lowest BCUT2D eigenvalue weighted by atomic mass is 10.1. The average Bonchev–Trinajstić information content (AvgIpc) is 3.06. The van der Waals surface area contributed by atoms with Crippen LogP contribution in [0.5, 0.6) is 5.75 Å². The second-order valence-corrected chi connectivity index (χ2v) is 6.98. The molecule has 0 amide bonds. The largest absolute Gasteiger partial charge is 0.497 e. The van der Waals surface area contributed by atoms with Crippen LogP contribution in [0.4, 0.5) is 17.2 Å². The molecular weight excluding hydrogens is 348 g/mol. The molecule has 5 nitrogen and oxygen atoms in total. The molecule has 5 heteroatoms. The van der Waals surface area contributed by atoms with Gasteiger partial charge in [-0.2, -0.15) is 0 Å². The molecular formula is C23H24N4O. The van der Waals surface area contributed by atoms with Gasteiger partial charge >= 0.3 is 0 Å². The van der Waals surface area contributed by atoms with Gasteiger partial charge in [-0.1, -0.05) is 18.2 Å². The van der Waals surface area contributed by atoms with Crippen LogP contribution in [0.15, 0.2) is 66.9 Å². The number of ether oxygens (including phenoxy) is 1. The Bertz CT molecular complexity index is 1130. The van der Waals surface area contributed by atoms with Crippen molar-refractivity contribution in [2.75, 3.05) is 31.4 Å². The molecule has 4 rings (SSSR count). The SMILES string of the molecule is COc1cccc(-c2cc3c(Nc4cccc(N(C)C)c4)nccc3n2C)c1. The molecule has 2 aromatic heterocycles. The van der Waals surface area contributed by atoms with Crippen LogP contribution >= 0.6 is 0 Å². The summed E-state index contributed by atoms with van der Waals surface area (Å²) in [6.07, 6.45) is 1.84. The summed E-state index contributed by atoms with van der Waals surface area (Å²) < 4.78 is 7.57. The molecule has 0 unspecified atom stereocenters. The molecule has 0 spiro atoms. The number of nitrogens with one attached hydrogen (secondary N) is 1. The Morgan fingerprint density at radius 3 is 2.61 bits per heavy atom. The van der Waals surface area contributed by atoms with E-state index in [0.29, 0.717) is 0 Å². The van der Waals surface area contributed by atoms with Gasteiger partial charge in [-0.15, -0.1) is 0 Å². The first-order valence-corrected chi connectivity index (χ1v) is 9.20. The van der Waals surface area contributed by atoms with E-state index in [9.17, 15) is 0 Å². The molecule has 0 radical (unpaired) electrons. The minimum atomic E-state index is 0.846. The summed E-state index contributed by atoms with van der Waals surface area (Å²) in [5.41, 5.74) is 5.50. The zero-order chi connectivity index (χ0) is 19.7. The van der Waals surface area contributed by atoms with E-state index >= 15 is 0 Å². The molecule has 142 valence electrons. The van der Waals surface area contributed by atoms with E-state index in [0.717, 1.165) is 45.1 Å². The Balaban J connectivity index is 1.78. The number of anilines is 3. The van der Waals surface area contributed by atoms with Crippen molar-refractivity contribution in [3.8, 4) is 17.0 Å². The lowest BCUT2D eigenvalue weighted by Gasteiger charge is -2.14. The van der Waals surface area contributed by atoms with E-state index in [1.807, 2.05) is 44.6 Å². The fraction of sp³-hybridized carbons (Fsp3) is 0.174. The van der Waals surface area contributed by atoms with E-state index in [2.05, 4.69) is 63.2 Å². The number of aryl methyl sites for hydroxylation is 1. The molecule has 0 saturated heterocycles. The summed E-state index contributed by atoms with van der Waals surface area (Å²) >= 11 is 0. The number of hydrogen-bond donors (Lipinski definition) is 1. The number of pyridine rings is 1. The van der Waals surface area contributed by atoms with Gasteiger partial charge in [0.15, 0.2) is 0 Å². The maximum absolute atomic E-state index is 5.39. The lowest BCUT2D eigenvalue weighted by Crippen LogP contribution is -2.08. The number of fused-ring (bicyclic) bond motifs is 1. The normalized spacial score (nSPS) is 10.9. The predicted molar refractivity (Wildman–Crippen MR) is 117 cm³/mol. The van der Waals surface area contributed by atoms with E-state index in [-0.39, 0.29) is 0 Å². The van der Waals surface area contributed by atoms with Crippen LogP contribution in [0.2, 0.25) is 0 Å². The standard InChI is InChI=1S/C23H24N4O/c1-26(2)18-9-6-8-17(14-18)25-23-20-15-22(27(3)21(20)11-12-24-23)16-7-5-10-19(13-16)28-4/h5-15H,1-4H3,(H,24,25). The molecule has 1 N–H and O–H groups in total. The van der Waals surface area contributed by atoms with Gasteiger partial charge in [0.2, 0.25) is 0 Å². The van der Waals surface area contributed by atoms with Gasteiger partial charge in [0.05, 0.1) is 12.6 Å². The minimum Gasteiger partial charge on any atom is -0.497 e. The van der Waals surface area contributed by atoms with Crippen molar-refractivity contribution in [3.05, 3.63) is 66.9 Å². The van der Waals surface area contributed by atoms with E-state index in [1.165, 1.54) is 0 Å². The highest BCUT2D eigenvalue weighted by Gasteiger charge is 2.13. The lowest BCUT2D eigenvalue weighted by molar-refractivity contribution is 0.415. The van der Waals surface area contributed by atoms with Gasteiger partial charge in [-0.3, -0.25) is 0 Å². The number of hydrogen-bond acceptors (Lipinski definition) is 4. The van der Waals surface area contributed by atoms with Crippen LogP contribution < -0.4 is 15.0 Å². The summed E-state index contributed by atoms with van der Waals surface area (Å²) in [6, 6.07) is 20.6. The summed E-state index contributed by atoms with van der Waals surface area (Å²) in [5.74, 6) is 1.69. The zero-order valence-corrected chi connectivity index (χ0v) is 16.6. The molecule has 0 bridgehead atoms. The number of methoxy groups -OCH3 is 1. The van der Waals surface area contributed by atoms with E-state index < -0.39 is 0 Å². The first-order valence-electron chi connectivity index (χ1n) is 9.20. The van der Waals surface area contributed by atoms with Crippen molar-refractivity contribution in [2.24, 2.45) is 7.05 Å². The van der Waals surface area contributed by atoms with E-state index in [4.69, 9.17) is 4.74 Å². The number of nitrogens with zero attached hydrogens (tertiary/aromatic N) is 3. The molecule has 4 aromatic rings. The Morgan fingerprint density at radius 1 is 1.00 bits per heavy atom. The van der Waals surface area contributed by atoms with Crippen LogP contribution in [0.25, 0.3) is 22.2 Å². The highest BCUT2D eigenvalue weighted by atomic mass is 16.5. The molecule has 2 aromatic carbocycles. The molecule has 0 atom stereocenters. The van der Waals surface area contributed by atoms with Crippen molar-refractivity contribution in [3.63, 3.8) is 0 Å². The second-order valence-electron chi connectivity index (χ2n) is 6.98. The Morgan fingerprint density at radius 2 is 1.82 bits per heavy atom. The third-order valence-corrected chi connectivity index (χ3v) is 4.96. The molecule has 0 aliphatic rings. The Kier molecular flexibility index (Phi) is 4.65. The predicted octanol–water partition coefficient (Wildman–Crippen LogP) is 5.06. The quantitative estimate of drug-likeness (QED) is 0.532. The molecule has 2 heterocycles. The van der Waals surface area contributed by atoms with Crippen LogP contribution in [0.3, 0.4) is 0 Å². The van der Waals surface area contributed by atoms with Gasteiger partial charge in [0, 0.05) is 55.4 Å². The van der Waals surface area contributed by atoms with Gasteiger partial charge in [0.25, 0.3) is 0 Å². The van der Waals surface area contributed by atoms with Gasteiger partial charge in [-0.25, -0.2) is 4.98 Å². The highest BCUT2D eigenvalue weighted by Crippen LogP contribution is 2.33. The molecule has 0 aliphatic heterocycles. The van der Waals surface area contributed by atoms with Crippen molar-refractivity contribution >= 4 is 28.1 Å². The molecule has 0 fully saturated rings. The maximum atomic E-state index is 5.39. The zero-order valence-electron chi connectivity index (χ0n) is 16.6. The Hall–Kier alpha value is -3.47. The fourth-order valence-electron chi connectivity index (χ4n) is 3.42. The summed E-state index contributed by atoms with van der Waals surface area (Å²) in [7, 11) is 7.84. The van der Waals surface area contributed by atoms with Crippen molar-refractivity contribution < 1.29 is 4.74 Å². The average molecular weight is 372 g/mol. The monoisotopic (exact) mass is 372 g/mol. The maximum Gasteiger partial charge on any atom is 0.139 e. The van der Waals surface area contributed by atoms with Crippen molar-refractivity contribution in [1.82, 2.24) is 9.55 Å². The Labute approximate surface area is 165 Å². The van der Waals surface area contributed by atoms with Gasteiger partial charge < -0.3 is 19.5 Å². The first kappa shape index (κ1) is 17.9. The minimum absolute atomic E-state index is 0.846. The van der Waals surface area contributed by atoms with Gasteiger partial charge in [-0.05, 0) is 42.5 Å². The van der Waals surface area contributed by atoms with Crippen LogP contribution in [0, 0.1) is 0 Å². The third-order valence-electron chi connectivity index (χ3n) is 4.96. The number of aromatic nitrogens is 2. The summed E-state index contributed by atoms with van der Waals surface area (Å²) in [4.78, 5) is 6.68. The second kappa shape index (κ2) is 7.27. The summed E-state index contributed by atoms with van der Waals surface area (Å²) in [5, 5.41) is 4.56. The fourth-order valence-corrected chi connectivity index (χ4v) is 3.42. The van der Waals surface area contributed by atoms with Gasteiger partial charge in [0.1, 0.15) is 11.6 Å². The number of benzene rings is 2. The topological polar surface area (TPSA) is 42.3 Å². The third kappa shape index (κ3) is 3.27. The smallest absolute Gasteiger partial charge is 0.139 e. The summed E-state index contributed by atoms with van der Waals surface area (Å²) in [6.45, 7) is 0. The molecule has 0 saturated carbocycles. The molecule has 0 aliphatic carbocycles. The number of rotatable bonds is 5. The van der Waals surface area contributed by atoms with Crippen LogP contribution in [-0.2, 0) is 7.05 Å². The van der Waals surface area contributed by atoms with Crippen LogP contribution in [0.1, 0.15) is 0 Å². The van der Waals surface area contributed by atoms with Crippen molar-refractivity contribution in [2.45, 2.75) is 0 Å². The highest BCUT2D eigenvalue weighted by molar-refractivity contribution is 5.96. The molecule has 28 heavy (non-hydrogen) atoms.